The molecule has 1 N–H and O–H groups in total. The summed E-state index contributed by atoms with van der Waals surface area (Å²) in [7, 11) is -3.58. The lowest BCUT2D eigenvalue weighted by molar-refractivity contribution is -0.146. The zero-order valence-corrected chi connectivity index (χ0v) is 18.2. The van der Waals surface area contributed by atoms with Crippen molar-refractivity contribution in [2.24, 2.45) is 0 Å². The SMILES string of the molecule is CCC1(C)NC(=O)N(CC(=O)OCC(=O)c2ccc(S(=O)(=O)N3CCCC3)cc2)C1=O. The Bertz CT molecular complexity index is 1000. The van der Waals surface area contributed by atoms with Crippen LogP contribution in [0.5, 0.6) is 0 Å². The molecule has 2 saturated heterocycles. The van der Waals surface area contributed by atoms with E-state index < -0.39 is 52.4 Å². The number of sulfonamides is 1. The van der Waals surface area contributed by atoms with Gasteiger partial charge in [-0.2, -0.15) is 4.31 Å². The van der Waals surface area contributed by atoms with Gasteiger partial charge in [-0.05, 0) is 50.5 Å². The molecule has 1 aromatic carbocycles. The number of ketones is 1. The van der Waals surface area contributed by atoms with E-state index in [9.17, 15) is 27.6 Å². The van der Waals surface area contributed by atoms with E-state index >= 15 is 0 Å². The third kappa shape index (κ3) is 4.62. The van der Waals surface area contributed by atoms with Crippen LogP contribution in [-0.4, -0.2) is 73.1 Å². The van der Waals surface area contributed by atoms with E-state index in [1.54, 1.807) is 13.8 Å². The Kier molecular flexibility index (Phi) is 6.46. The highest BCUT2D eigenvalue weighted by Gasteiger charge is 2.47. The van der Waals surface area contributed by atoms with Gasteiger partial charge in [0, 0.05) is 18.7 Å². The van der Waals surface area contributed by atoms with Crippen molar-refractivity contribution in [2.75, 3.05) is 26.2 Å². The van der Waals surface area contributed by atoms with Gasteiger partial charge in [0.25, 0.3) is 5.91 Å². The van der Waals surface area contributed by atoms with Crippen LogP contribution in [0.4, 0.5) is 4.79 Å². The summed E-state index contributed by atoms with van der Waals surface area (Å²) in [5.41, 5.74) is -0.883. The number of carbonyl (C=O) groups is 4. The summed E-state index contributed by atoms with van der Waals surface area (Å²) in [4.78, 5) is 49.4. The molecule has 168 valence electrons. The van der Waals surface area contributed by atoms with E-state index in [1.807, 2.05) is 0 Å². The van der Waals surface area contributed by atoms with Crippen molar-refractivity contribution in [1.82, 2.24) is 14.5 Å². The first kappa shape index (κ1) is 22.9. The van der Waals surface area contributed by atoms with Crippen molar-refractivity contribution in [2.45, 2.75) is 43.5 Å². The third-order valence-electron chi connectivity index (χ3n) is 5.58. The van der Waals surface area contributed by atoms with Crippen molar-refractivity contribution in [3.8, 4) is 0 Å². The smallest absolute Gasteiger partial charge is 0.326 e. The lowest BCUT2D eigenvalue weighted by atomic mass is 9.99. The second kappa shape index (κ2) is 8.75. The summed E-state index contributed by atoms with van der Waals surface area (Å²) < 4.78 is 31.4. The number of amides is 3. The zero-order valence-electron chi connectivity index (χ0n) is 17.4. The van der Waals surface area contributed by atoms with Gasteiger partial charge in [0.05, 0.1) is 4.90 Å². The molecule has 3 rings (SSSR count). The van der Waals surface area contributed by atoms with E-state index in [2.05, 4.69) is 5.32 Å². The number of urea groups is 1. The van der Waals surface area contributed by atoms with Crippen molar-refractivity contribution in [1.29, 1.82) is 0 Å². The molecule has 0 bridgehead atoms. The maximum absolute atomic E-state index is 12.5. The molecule has 0 aliphatic carbocycles. The van der Waals surface area contributed by atoms with E-state index in [0.717, 1.165) is 17.7 Å². The maximum Gasteiger partial charge on any atom is 0.326 e. The number of nitrogens with zero attached hydrogens (tertiary/aromatic N) is 2. The van der Waals surface area contributed by atoms with Gasteiger partial charge in [-0.3, -0.25) is 19.3 Å². The summed E-state index contributed by atoms with van der Waals surface area (Å²) in [6.07, 6.45) is 2.01. The minimum Gasteiger partial charge on any atom is -0.456 e. The number of rotatable bonds is 8. The van der Waals surface area contributed by atoms with E-state index in [-0.39, 0.29) is 10.5 Å². The monoisotopic (exact) mass is 451 g/mol. The molecule has 11 heteroatoms. The molecule has 1 aromatic rings. The van der Waals surface area contributed by atoms with Crippen LogP contribution in [-0.2, 0) is 24.3 Å². The van der Waals surface area contributed by atoms with Crippen LogP contribution in [0, 0.1) is 0 Å². The van der Waals surface area contributed by atoms with Crippen molar-refractivity contribution in [3.05, 3.63) is 29.8 Å². The second-order valence-electron chi connectivity index (χ2n) is 7.73. The Balaban J connectivity index is 1.55. The van der Waals surface area contributed by atoms with Crippen molar-refractivity contribution >= 4 is 33.7 Å². The summed E-state index contributed by atoms with van der Waals surface area (Å²) >= 11 is 0. The number of benzene rings is 1. The molecule has 0 aromatic heterocycles. The molecule has 1 atom stereocenters. The zero-order chi connectivity index (χ0) is 22.8. The normalized spacial score (nSPS) is 21.9. The topological polar surface area (TPSA) is 130 Å². The second-order valence-corrected chi connectivity index (χ2v) is 9.66. The van der Waals surface area contributed by atoms with Crippen LogP contribution in [0.3, 0.4) is 0 Å². The molecule has 2 aliphatic rings. The van der Waals surface area contributed by atoms with Crippen LogP contribution in [0.2, 0.25) is 0 Å². The molecular formula is C20H25N3O7S. The number of hydrogen-bond acceptors (Lipinski definition) is 7. The van der Waals surface area contributed by atoms with E-state index in [4.69, 9.17) is 4.74 Å². The minimum absolute atomic E-state index is 0.0977. The predicted molar refractivity (Wildman–Crippen MR) is 109 cm³/mol. The minimum atomic E-state index is -3.58. The molecule has 0 radical (unpaired) electrons. The third-order valence-corrected chi connectivity index (χ3v) is 7.50. The number of hydrogen-bond donors (Lipinski definition) is 1. The lowest BCUT2D eigenvalue weighted by Gasteiger charge is -2.18. The lowest BCUT2D eigenvalue weighted by Crippen LogP contribution is -2.43. The number of Topliss-reactive ketones (excluding diaryl/α,β-unsaturated/α-hetero) is 1. The van der Waals surface area contributed by atoms with E-state index in [1.165, 1.54) is 28.6 Å². The number of nitrogens with one attached hydrogen (secondary N) is 1. The van der Waals surface area contributed by atoms with Gasteiger partial charge in [0.1, 0.15) is 12.1 Å². The Morgan fingerprint density at radius 1 is 1.13 bits per heavy atom. The highest BCUT2D eigenvalue weighted by atomic mass is 32.2. The fourth-order valence-corrected chi connectivity index (χ4v) is 4.94. The number of ether oxygens (including phenoxy) is 1. The molecule has 3 amide bonds. The first-order valence-electron chi connectivity index (χ1n) is 10.0. The molecule has 2 heterocycles. The Hall–Kier alpha value is -2.79. The molecule has 2 fully saturated rings. The summed E-state index contributed by atoms with van der Waals surface area (Å²) in [5.74, 6) is -1.96. The first-order chi connectivity index (χ1) is 14.6. The molecule has 31 heavy (non-hydrogen) atoms. The fourth-order valence-electron chi connectivity index (χ4n) is 3.42. The summed E-state index contributed by atoms with van der Waals surface area (Å²) in [5, 5.41) is 2.52. The number of esters is 1. The molecule has 10 nitrogen and oxygen atoms in total. The highest BCUT2D eigenvalue weighted by molar-refractivity contribution is 7.89. The number of carbonyl (C=O) groups excluding carboxylic acids is 4. The molecule has 0 spiro atoms. The Morgan fingerprint density at radius 3 is 2.29 bits per heavy atom. The molecule has 1 unspecified atom stereocenters. The fraction of sp³-hybridized carbons (Fsp3) is 0.500. The highest BCUT2D eigenvalue weighted by Crippen LogP contribution is 2.22. The van der Waals surface area contributed by atoms with Gasteiger partial charge in [-0.1, -0.05) is 6.92 Å². The Morgan fingerprint density at radius 2 is 1.74 bits per heavy atom. The average Bonchev–Trinajstić information content (AvgIpc) is 3.37. The maximum atomic E-state index is 12.5. The van der Waals surface area contributed by atoms with Crippen LogP contribution < -0.4 is 5.32 Å². The standard InChI is InChI=1S/C20H25N3O7S/c1-3-20(2)18(26)23(19(27)21-20)12-17(25)30-13-16(24)14-6-8-15(9-7-14)31(28,29)22-10-4-5-11-22/h6-9H,3-5,10-13H2,1-2H3,(H,21,27). The van der Waals surface area contributed by atoms with Gasteiger partial charge in [0.2, 0.25) is 10.0 Å². The van der Waals surface area contributed by atoms with Crippen molar-refractivity contribution in [3.63, 3.8) is 0 Å². The summed E-state index contributed by atoms with van der Waals surface area (Å²) in [6, 6.07) is 4.74. The largest absolute Gasteiger partial charge is 0.456 e. The quantitative estimate of drug-likeness (QED) is 0.353. The van der Waals surface area contributed by atoms with E-state index in [0.29, 0.717) is 19.5 Å². The predicted octanol–water partition coefficient (Wildman–Crippen LogP) is 0.917. The summed E-state index contributed by atoms with van der Waals surface area (Å²) in [6.45, 7) is 3.07. The van der Waals surface area contributed by atoms with Gasteiger partial charge in [-0.15, -0.1) is 0 Å². The van der Waals surface area contributed by atoms with Gasteiger partial charge < -0.3 is 10.1 Å². The Labute approximate surface area is 180 Å². The van der Waals surface area contributed by atoms with Crippen LogP contribution in [0.15, 0.2) is 29.2 Å². The van der Waals surface area contributed by atoms with Crippen molar-refractivity contribution < 1.29 is 32.3 Å². The van der Waals surface area contributed by atoms with Crippen LogP contribution in [0.25, 0.3) is 0 Å². The van der Waals surface area contributed by atoms with Crippen LogP contribution >= 0.6 is 0 Å². The average molecular weight is 452 g/mol. The van der Waals surface area contributed by atoms with Gasteiger partial charge in [0.15, 0.2) is 12.4 Å². The first-order valence-corrected chi connectivity index (χ1v) is 11.5. The number of imide groups is 1. The molecule has 2 aliphatic heterocycles. The molecular weight excluding hydrogens is 426 g/mol. The van der Waals surface area contributed by atoms with Crippen LogP contribution in [0.1, 0.15) is 43.5 Å². The molecule has 0 saturated carbocycles. The van der Waals surface area contributed by atoms with Gasteiger partial charge >= 0.3 is 12.0 Å². The van der Waals surface area contributed by atoms with Gasteiger partial charge in [-0.25, -0.2) is 13.2 Å².